The van der Waals surface area contributed by atoms with Crippen LogP contribution < -0.4 is 10.1 Å². The number of benzene rings is 3. The summed E-state index contributed by atoms with van der Waals surface area (Å²) in [6.45, 7) is 1.72. The van der Waals surface area contributed by atoms with Gasteiger partial charge in [0.1, 0.15) is 11.6 Å². The van der Waals surface area contributed by atoms with E-state index in [1.165, 1.54) is 12.1 Å². The van der Waals surface area contributed by atoms with Gasteiger partial charge in [0.05, 0.1) is 17.7 Å². The second kappa shape index (κ2) is 8.83. The molecule has 1 unspecified atom stereocenters. The number of nitrogens with zero attached hydrogens (tertiary/aromatic N) is 1. The fourth-order valence-electron chi connectivity index (χ4n) is 2.75. The van der Waals surface area contributed by atoms with Crippen molar-refractivity contribution in [3.05, 3.63) is 89.7 Å². The van der Waals surface area contributed by atoms with Gasteiger partial charge in [-0.15, -0.1) is 0 Å². The molecule has 0 bridgehead atoms. The molecule has 3 rings (SSSR count). The van der Waals surface area contributed by atoms with Crippen LogP contribution in [0.15, 0.2) is 72.8 Å². The number of halogens is 1. The summed E-state index contributed by atoms with van der Waals surface area (Å²) in [7, 11) is 0. The summed E-state index contributed by atoms with van der Waals surface area (Å²) in [6.07, 6.45) is 0. The van der Waals surface area contributed by atoms with Crippen molar-refractivity contribution in [3.8, 4) is 22.9 Å². The van der Waals surface area contributed by atoms with E-state index < -0.39 is 0 Å². The third-order valence-electron chi connectivity index (χ3n) is 4.32. The minimum absolute atomic E-state index is 0.109. The van der Waals surface area contributed by atoms with Crippen LogP contribution in [0.4, 0.5) is 4.39 Å². The Labute approximate surface area is 163 Å². The van der Waals surface area contributed by atoms with Crippen molar-refractivity contribution in [1.29, 1.82) is 5.26 Å². The molecule has 0 saturated heterocycles. The standard InChI is InChI=1S/C23H19FN2O2/c1-16(18-6-10-21(24)11-7-18)26-23(27)15-28-22-12-8-20(9-13-22)19-4-2-17(14-25)3-5-19/h2-13,16H,15H2,1H3,(H,26,27). The zero-order valence-corrected chi connectivity index (χ0v) is 15.4. The van der Waals surface area contributed by atoms with Crippen molar-refractivity contribution in [3.63, 3.8) is 0 Å². The summed E-state index contributed by atoms with van der Waals surface area (Å²) in [5.74, 6) is 0.0186. The van der Waals surface area contributed by atoms with Crippen molar-refractivity contribution in [2.45, 2.75) is 13.0 Å². The Kier molecular flexibility index (Phi) is 6.03. The van der Waals surface area contributed by atoms with Gasteiger partial charge in [0.25, 0.3) is 5.91 Å². The molecule has 0 aromatic heterocycles. The van der Waals surface area contributed by atoms with Crippen LogP contribution >= 0.6 is 0 Å². The third-order valence-corrected chi connectivity index (χ3v) is 4.32. The van der Waals surface area contributed by atoms with Crippen LogP contribution in [0.3, 0.4) is 0 Å². The maximum Gasteiger partial charge on any atom is 0.258 e. The molecule has 0 aliphatic carbocycles. The number of rotatable bonds is 6. The predicted octanol–water partition coefficient (Wildman–Crippen LogP) is 4.62. The summed E-state index contributed by atoms with van der Waals surface area (Å²) in [5, 5.41) is 11.7. The van der Waals surface area contributed by atoms with Crippen molar-refractivity contribution in [2.75, 3.05) is 6.61 Å². The number of carbonyl (C=O) groups excluding carboxylic acids is 1. The molecule has 1 N–H and O–H groups in total. The van der Waals surface area contributed by atoms with Crippen LogP contribution in [0.2, 0.25) is 0 Å². The number of amides is 1. The minimum atomic E-state index is -0.310. The average molecular weight is 374 g/mol. The van der Waals surface area contributed by atoms with Gasteiger partial charge in [-0.1, -0.05) is 36.4 Å². The van der Waals surface area contributed by atoms with Gasteiger partial charge < -0.3 is 10.1 Å². The molecular weight excluding hydrogens is 355 g/mol. The second-order valence-corrected chi connectivity index (χ2v) is 6.34. The first-order chi connectivity index (χ1) is 13.5. The molecule has 4 nitrogen and oxygen atoms in total. The molecular formula is C23H19FN2O2. The molecule has 0 radical (unpaired) electrons. The number of nitrogens with one attached hydrogen (secondary N) is 1. The summed E-state index contributed by atoms with van der Waals surface area (Å²) in [5.41, 5.74) is 3.42. The maximum absolute atomic E-state index is 13.0. The van der Waals surface area contributed by atoms with Gasteiger partial charge in [-0.25, -0.2) is 4.39 Å². The van der Waals surface area contributed by atoms with Gasteiger partial charge in [-0.3, -0.25) is 4.79 Å². The van der Waals surface area contributed by atoms with Gasteiger partial charge >= 0.3 is 0 Å². The summed E-state index contributed by atoms with van der Waals surface area (Å²) in [4.78, 5) is 12.1. The zero-order chi connectivity index (χ0) is 19.9. The van der Waals surface area contributed by atoms with Gasteiger partial charge in [-0.2, -0.15) is 5.26 Å². The quantitative estimate of drug-likeness (QED) is 0.685. The molecule has 1 amide bonds. The molecule has 0 spiro atoms. The van der Waals surface area contributed by atoms with E-state index in [1.54, 1.807) is 36.4 Å². The zero-order valence-electron chi connectivity index (χ0n) is 15.4. The molecule has 0 saturated carbocycles. The summed E-state index contributed by atoms with van der Waals surface area (Å²) >= 11 is 0. The van der Waals surface area contributed by atoms with E-state index in [4.69, 9.17) is 10.00 Å². The lowest BCUT2D eigenvalue weighted by atomic mass is 10.0. The van der Waals surface area contributed by atoms with E-state index >= 15 is 0 Å². The van der Waals surface area contributed by atoms with Crippen LogP contribution in [-0.4, -0.2) is 12.5 Å². The Hall–Kier alpha value is -3.65. The molecule has 1 atom stereocenters. The lowest BCUT2D eigenvalue weighted by molar-refractivity contribution is -0.123. The first-order valence-corrected chi connectivity index (χ1v) is 8.83. The smallest absolute Gasteiger partial charge is 0.258 e. The number of hydrogen-bond donors (Lipinski definition) is 1. The Morgan fingerprint density at radius 1 is 1.00 bits per heavy atom. The van der Waals surface area contributed by atoms with E-state index in [0.717, 1.165) is 16.7 Å². The maximum atomic E-state index is 13.0. The molecule has 0 fully saturated rings. The highest BCUT2D eigenvalue weighted by Crippen LogP contribution is 2.23. The largest absolute Gasteiger partial charge is 0.484 e. The second-order valence-electron chi connectivity index (χ2n) is 6.34. The number of hydrogen-bond acceptors (Lipinski definition) is 3. The lowest BCUT2D eigenvalue weighted by Gasteiger charge is -2.15. The highest BCUT2D eigenvalue weighted by Gasteiger charge is 2.10. The van der Waals surface area contributed by atoms with Crippen molar-refractivity contribution < 1.29 is 13.9 Å². The predicted molar refractivity (Wildman–Crippen MR) is 105 cm³/mol. The number of nitriles is 1. The first kappa shape index (κ1) is 19.1. The van der Waals surface area contributed by atoms with E-state index in [9.17, 15) is 9.18 Å². The highest BCUT2D eigenvalue weighted by atomic mass is 19.1. The molecule has 5 heteroatoms. The van der Waals surface area contributed by atoms with Crippen molar-refractivity contribution in [1.82, 2.24) is 5.32 Å². The van der Waals surface area contributed by atoms with Crippen LogP contribution in [0.25, 0.3) is 11.1 Å². The fraction of sp³-hybridized carbons (Fsp3) is 0.130. The van der Waals surface area contributed by atoms with Crippen LogP contribution in [0, 0.1) is 17.1 Å². The Morgan fingerprint density at radius 2 is 1.57 bits per heavy atom. The molecule has 0 heterocycles. The average Bonchev–Trinajstić information content (AvgIpc) is 2.73. The summed E-state index contributed by atoms with van der Waals surface area (Å²) < 4.78 is 18.5. The molecule has 28 heavy (non-hydrogen) atoms. The Bertz CT molecular complexity index is 975. The van der Waals surface area contributed by atoms with Crippen molar-refractivity contribution in [2.24, 2.45) is 0 Å². The monoisotopic (exact) mass is 374 g/mol. The fourth-order valence-corrected chi connectivity index (χ4v) is 2.75. The van der Waals surface area contributed by atoms with E-state index in [0.29, 0.717) is 11.3 Å². The molecule has 140 valence electrons. The molecule has 3 aromatic carbocycles. The topological polar surface area (TPSA) is 62.1 Å². The van der Waals surface area contributed by atoms with Gasteiger partial charge in [-0.05, 0) is 60.0 Å². The van der Waals surface area contributed by atoms with Crippen molar-refractivity contribution >= 4 is 5.91 Å². The van der Waals surface area contributed by atoms with Gasteiger partial charge in [0, 0.05) is 0 Å². The first-order valence-electron chi connectivity index (χ1n) is 8.83. The van der Waals surface area contributed by atoms with Gasteiger partial charge in [0.2, 0.25) is 0 Å². The highest BCUT2D eigenvalue weighted by molar-refractivity contribution is 5.78. The lowest BCUT2D eigenvalue weighted by Crippen LogP contribution is -2.31. The third kappa shape index (κ3) is 4.95. The Balaban J connectivity index is 1.53. The molecule has 0 aliphatic rings. The molecule has 3 aromatic rings. The normalized spacial score (nSPS) is 11.3. The number of ether oxygens (including phenoxy) is 1. The summed E-state index contributed by atoms with van der Waals surface area (Å²) in [6, 6.07) is 22.6. The van der Waals surface area contributed by atoms with E-state index in [2.05, 4.69) is 11.4 Å². The van der Waals surface area contributed by atoms with Crippen LogP contribution in [0.1, 0.15) is 24.1 Å². The Morgan fingerprint density at radius 3 is 2.14 bits per heavy atom. The number of carbonyl (C=O) groups is 1. The SMILES string of the molecule is CC(NC(=O)COc1ccc(-c2ccc(C#N)cc2)cc1)c1ccc(F)cc1. The van der Waals surface area contributed by atoms with Gasteiger partial charge in [0.15, 0.2) is 6.61 Å². The minimum Gasteiger partial charge on any atom is -0.484 e. The molecule has 0 aliphatic heterocycles. The van der Waals surface area contributed by atoms with E-state index in [1.807, 2.05) is 31.2 Å². The van der Waals surface area contributed by atoms with E-state index in [-0.39, 0.29) is 24.4 Å². The van der Waals surface area contributed by atoms with Crippen LogP contribution in [-0.2, 0) is 4.79 Å². The van der Waals surface area contributed by atoms with Crippen LogP contribution in [0.5, 0.6) is 5.75 Å².